The van der Waals surface area contributed by atoms with Crippen LogP contribution in [-0.2, 0) is 24.0 Å². The molecule has 0 amide bonds. The Bertz CT molecular complexity index is 607. The summed E-state index contributed by atoms with van der Waals surface area (Å²) in [4.78, 5) is 11.8. The van der Waals surface area contributed by atoms with E-state index in [1.807, 2.05) is 0 Å². The van der Waals surface area contributed by atoms with Crippen molar-refractivity contribution in [1.29, 1.82) is 0 Å². The predicted molar refractivity (Wildman–Crippen MR) is 101 cm³/mol. The molecule has 0 N–H and O–H groups in total. The molecule has 9 atom stereocenters. The molecule has 1 aliphatic carbocycles. The Kier molecular flexibility index (Phi) is 6.06. The Hall–Kier alpha value is 0.0700. The van der Waals surface area contributed by atoms with Gasteiger partial charge >= 0.3 is 6.18 Å². The fraction of sp³-hybridized carbons (Fsp3) is 1.00. The van der Waals surface area contributed by atoms with Crippen LogP contribution in [0.2, 0.25) is 0 Å². The summed E-state index contributed by atoms with van der Waals surface area (Å²) in [7, 11) is 0. The number of hydrogen-bond donors (Lipinski definition) is 0. The molecule has 2 bridgehead atoms. The number of fused-ring (bicyclic) bond motifs is 2. The summed E-state index contributed by atoms with van der Waals surface area (Å²) in [5, 5.41) is 0.894. The summed E-state index contributed by atoms with van der Waals surface area (Å²) in [6, 6.07) is 0. The van der Waals surface area contributed by atoms with Gasteiger partial charge in [-0.3, -0.25) is 0 Å². The lowest BCUT2D eigenvalue weighted by Crippen LogP contribution is -2.71. The van der Waals surface area contributed by atoms with E-state index in [0.29, 0.717) is 19.4 Å². The van der Waals surface area contributed by atoms with E-state index in [1.54, 1.807) is 13.8 Å². The lowest BCUT2D eigenvalue weighted by molar-refractivity contribution is -0.581. The van der Waals surface area contributed by atoms with Crippen LogP contribution in [0, 0.1) is 23.7 Å². The highest BCUT2D eigenvalue weighted by atomic mass is 79.9. The van der Waals surface area contributed by atoms with Crippen molar-refractivity contribution in [2.75, 3.05) is 11.9 Å². The van der Waals surface area contributed by atoms with E-state index in [-0.39, 0.29) is 17.8 Å². The molecule has 1 saturated carbocycles. The lowest BCUT2D eigenvalue weighted by atomic mass is 9.57. The molecule has 0 aromatic carbocycles. The van der Waals surface area contributed by atoms with Gasteiger partial charge in [0.15, 0.2) is 18.0 Å². The van der Waals surface area contributed by atoms with E-state index in [2.05, 4.69) is 22.9 Å². The summed E-state index contributed by atoms with van der Waals surface area (Å²) >= 11 is 3.41. The maximum Gasteiger partial charge on any atom is 0.415 e. The van der Waals surface area contributed by atoms with Gasteiger partial charge in [0, 0.05) is 23.8 Å². The van der Waals surface area contributed by atoms with Crippen molar-refractivity contribution in [2.24, 2.45) is 23.7 Å². The van der Waals surface area contributed by atoms with Crippen LogP contribution in [-0.4, -0.2) is 48.0 Å². The average Bonchev–Trinajstić information content (AvgIpc) is 2.84. The molecule has 4 aliphatic heterocycles. The number of unbranched alkanes of at least 4 members (excludes halogenated alkanes) is 1. The molecule has 168 valence electrons. The molecular formula is C20H30BrF3O5. The van der Waals surface area contributed by atoms with Crippen LogP contribution in [0.4, 0.5) is 13.2 Å². The summed E-state index contributed by atoms with van der Waals surface area (Å²) in [6.07, 6.45) is -3.95. The summed E-state index contributed by atoms with van der Waals surface area (Å²) in [5.74, 6) is -2.22. The van der Waals surface area contributed by atoms with Gasteiger partial charge in [-0.1, -0.05) is 29.8 Å². The third kappa shape index (κ3) is 3.57. The van der Waals surface area contributed by atoms with E-state index in [1.165, 1.54) is 0 Å². The van der Waals surface area contributed by atoms with Gasteiger partial charge in [0.1, 0.15) is 6.10 Å². The fourth-order valence-electron chi connectivity index (χ4n) is 5.86. The van der Waals surface area contributed by atoms with Gasteiger partial charge in [0.25, 0.3) is 0 Å². The molecule has 5 aliphatic rings. The Morgan fingerprint density at radius 2 is 1.86 bits per heavy atom. The van der Waals surface area contributed by atoms with Crippen LogP contribution in [0.15, 0.2) is 0 Å². The van der Waals surface area contributed by atoms with E-state index in [4.69, 9.17) is 24.0 Å². The maximum atomic E-state index is 13.7. The Morgan fingerprint density at radius 3 is 2.55 bits per heavy atom. The van der Waals surface area contributed by atoms with Crippen molar-refractivity contribution in [3.63, 3.8) is 0 Å². The minimum Gasteiger partial charge on any atom is -0.372 e. The van der Waals surface area contributed by atoms with Crippen LogP contribution in [0.5, 0.6) is 0 Å². The lowest BCUT2D eigenvalue weighted by Gasteiger charge is -2.60. The highest BCUT2D eigenvalue weighted by Gasteiger charge is 2.73. The van der Waals surface area contributed by atoms with Gasteiger partial charge < -0.3 is 14.2 Å². The van der Waals surface area contributed by atoms with Crippen molar-refractivity contribution in [3.8, 4) is 0 Å². The summed E-state index contributed by atoms with van der Waals surface area (Å²) in [6.45, 7) is 5.94. The highest BCUT2D eigenvalue weighted by Crippen LogP contribution is 2.62. The number of alkyl halides is 4. The Balaban J connectivity index is 1.67. The van der Waals surface area contributed by atoms with Crippen LogP contribution in [0.25, 0.3) is 0 Å². The standard InChI is InChI=1S/C20H30BrF3O5/c1-11-6-7-13-12(2)16(20(22,23)24)26-17-19(13)14(11)10-15(25-9-5-4-8-21)18(3,27-17)28-29-19/h11-17H,4-10H2,1-3H3. The monoisotopic (exact) mass is 486 g/mol. The first-order chi connectivity index (χ1) is 13.6. The number of ether oxygens (including phenoxy) is 3. The zero-order valence-corrected chi connectivity index (χ0v) is 18.6. The molecule has 4 saturated heterocycles. The number of halogens is 4. The minimum absolute atomic E-state index is 0.0617. The van der Waals surface area contributed by atoms with Crippen molar-refractivity contribution in [3.05, 3.63) is 0 Å². The molecule has 29 heavy (non-hydrogen) atoms. The number of rotatable bonds is 5. The van der Waals surface area contributed by atoms with Crippen molar-refractivity contribution in [1.82, 2.24) is 0 Å². The normalized spacial score (nSPS) is 49.6. The molecule has 1 spiro atoms. The molecule has 0 aromatic heterocycles. The fourth-order valence-corrected chi connectivity index (χ4v) is 6.26. The van der Waals surface area contributed by atoms with E-state index in [0.717, 1.165) is 24.6 Å². The minimum atomic E-state index is -4.46. The molecule has 5 fully saturated rings. The van der Waals surface area contributed by atoms with Crippen molar-refractivity contribution < 1.29 is 37.2 Å². The van der Waals surface area contributed by atoms with Crippen LogP contribution < -0.4 is 0 Å². The van der Waals surface area contributed by atoms with Gasteiger partial charge in [-0.2, -0.15) is 18.1 Å². The zero-order chi connectivity index (χ0) is 21.0. The Morgan fingerprint density at radius 1 is 1.10 bits per heavy atom. The second kappa shape index (κ2) is 7.89. The number of hydrogen-bond acceptors (Lipinski definition) is 5. The van der Waals surface area contributed by atoms with Crippen LogP contribution in [0.1, 0.15) is 52.9 Å². The highest BCUT2D eigenvalue weighted by molar-refractivity contribution is 9.09. The predicted octanol–water partition coefficient (Wildman–Crippen LogP) is 4.97. The van der Waals surface area contributed by atoms with Crippen LogP contribution >= 0.6 is 15.9 Å². The second-order valence-electron chi connectivity index (χ2n) is 9.20. The van der Waals surface area contributed by atoms with Gasteiger partial charge in [-0.15, -0.1) is 0 Å². The first-order valence-electron chi connectivity index (χ1n) is 10.6. The van der Waals surface area contributed by atoms with Crippen molar-refractivity contribution >= 4 is 15.9 Å². The van der Waals surface area contributed by atoms with Gasteiger partial charge in [0.2, 0.25) is 5.79 Å². The van der Waals surface area contributed by atoms with Crippen molar-refractivity contribution in [2.45, 2.75) is 88.9 Å². The molecular weight excluding hydrogens is 457 g/mol. The molecule has 9 heteroatoms. The van der Waals surface area contributed by atoms with E-state index in [9.17, 15) is 13.2 Å². The summed E-state index contributed by atoms with van der Waals surface area (Å²) < 4.78 is 59.0. The third-order valence-corrected chi connectivity index (χ3v) is 8.01. The average molecular weight is 487 g/mol. The van der Waals surface area contributed by atoms with E-state index < -0.39 is 42.0 Å². The Labute approximate surface area is 178 Å². The largest absolute Gasteiger partial charge is 0.415 e. The quantitative estimate of drug-likeness (QED) is 0.312. The first kappa shape index (κ1) is 22.3. The zero-order valence-electron chi connectivity index (χ0n) is 17.0. The molecule has 5 rings (SSSR count). The first-order valence-corrected chi connectivity index (χ1v) is 11.7. The SMILES string of the molecule is CC1CCC2C(C)C(C(F)(F)F)OC3OC4(C)OOC32C1CC4OCCCCBr. The van der Waals surface area contributed by atoms with Gasteiger partial charge in [0.05, 0.1) is 0 Å². The van der Waals surface area contributed by atoms with Crippen LogP contribution in [0.3, 0.4) is 0 Å². The topological polar surface area (TPSA) is 46.2 Å². The maximum absolute atomic E-state index is 13.7. The van der Waals surface area contributed by atoms with E-state index >= 15 is 0 Å². The second-order valence-corrected chi connectivity index (χ2v) is 10.00. The van der Waals surface area contributed by atoms with Gasteiger partial charge in [-0.05, 0) is 50.9 Å². The molecule has 9 unspecified atom stereocenters. The molecule has 0 radical (unpaired) electrons. The summed E-state index contributed by atoms with van der Waals surface area (Å²) in [5.41, 5.74) is -1.04. The molecule has 0 aromatic rings. The smallest absolute Gasteiger partial charge is 0.372 e. The third-order valence-electron chi connectivity index (χ3n) is 7.44. The van der Waals surface area contributed by atoms with Gasteiger partial charge in [-0.25, -0.2) is 4.89 Å². The molecule has 4 heterocycles. The molecule has 5 nitrogen and oxygen atoms in total.